The maximum Gasteiger partial charge on any atom is 0.130 e. The van der Waals surface area contributed by atoms with Gasteiger partial charge in [-0.05, 0) is 150 Å². The Morgan fingerprint density at radius 3 is 1.18 bits per heavy atom. The van der Waals surface area contributed by atoms with Gasteiger partial charge in [-0.1, -0.05) is 147 Å². The quantitative estimate of drug-likeness (QED) is 0.124. The molecule has 0 aliphatic heterocycles. The third kappa shape index (κ3) is 5.47. The zero-order chi connectivity index (χ0) is 41.0. The predicted octanol–water partition coefficient (Wildman–Crippen LogP) is 16.2. The Morgan fingerprint density at radius 2 is 0.770 bits per heavy atom. The first kappa shape index (κ1) is 36.0. The Morgan fingerprint density at radius 1 is 0.377 bits per heavy atom. The van der Waals surface area contributed by atoms with Crippen LogP contribution in [0.3, 0.4) is 0 Å². The van der Waals surface area contributed by atoms with Crippen molar-refractivity contribution in [1.82, 2.24) is 0 Å². The number of hydrogen-bond acceptors (Lipinski definition) is 2. The summed E-state index contributed by atoms with van der Waals surface area (Å²) in [4.78, 5) is 0. The van der Waals surface area contributed by atoms with E-state index in [1.165, 1.54) is 98.7 Å². The van der Waals surface area contributed by atoms with E-state index in [1.807, 2.05) is 0 Å². The van der Waals surface area contributed by atoms with Crippen molar-refractivity contribution in [2.24, 2.45) is 0 Å². The van der Waals surface area contributed by atoms with Gasteiger partial charge in [-0.25, -0.2) is 0 Å². The molecule has 0 saturated heterocycles. The molecule has 3 heteroatoms. The van der Waals surface area contributed by atoms with E-state index in [0.717, 1.165) is 23.0 Å². The average Bonchev–Trinajstić information content (AvgIpc) is 4.10. The molecule has 0 radical (unpaired) electrons. The molecule has 2 aliphatic rings. The molecular weight excluding hydrogens is 757 g/mol. The van der Waals surface area contributed by atoms with Gasteiger partial charge in [0.2, 0.25) is 0 Å². The second-order valence-corrected chi connectivity index (χ2v) is 22.5. The summed E-state index contributed by atoms with van der Waals surface area (Å²) in [6.45, 7) is 9.33. The van der Waals surface area contributed by atoms with E-state index in [-0.39, 0.29) is 11.1 Å². The van der Waals surface area contributed by atoms with Gasteiger partial charge >= 0.3 is 0 Å². The smallest absolute Gasteiger partial charge is 0.130 e. The van der Waals surface area contributed by atoms with E-state index in [0.29, 0.717) is 0 Å². The van der Waals surface area contributed by atoms with Gasteiger partial charge in [-0.15, -0.1) is 0 Å². The predicted molar refractivity (Wildman–Crippen MR) is 259 cm³/mol. The number of rotatable bonds is 6. The lowest BCUT2D eigenvalue weighted by Crippen LogP contribution is -2.42. The highest BCUT2D eigenvalue weighted by atomic mass is 28.3. The van der Waals surface area contributed by atoms with E-state index in [1.54, 1.807) is 0 Å². The standard InChI is InChI=1S/C58H44O2Si/c1-35-27-29-55(59-35)53-33-51-45(49-31-37-15-5-7-17-39(37)41-19-9-11-21-43(41)49)23-13-25-47(51)57(53)61(3,4)58-48-26-14-24-46(52(48)34-54(58)56-30-28-36(2)60-56)50-32-38-16-6-8-18-40(38)42-20-10-12-22-44(42)50/h5-34,57-58H,1-4H3. The molecule has 0 amide bonds. The van der Waals surface area contributed by atoms with Gasteiger partial charge in [0.15, 0.2) is 0 Å². The fraction of sp³-hybridized carbons (Fsp3) is 0.103. The van der Waals surface area contributed by atoms with E-state index < -0.39 is 8.07 Å². The molecular formula is C58H44O2Si. The van der Waals surface area contributed by atoms with Crippen molar-refractivity contribution in [3.8, 4) is 22.3 Å². The summed E-state index contributed by atoms with van der Waals surface area (Å²) in [5.74, 6) is 3.78. The summed E-state index contributed by atoms with van der Waals surface area (Å²) in [5.41, 5.74) is 13.3. The van der Waals surface area contributed by atoms with Gasteiger partial charge in [-0.3, -0.25) is 0 Å². The monoisotopic (exact) mass is 800 g/mol. The van der Waals surface area contributed by atoms with Crippen molar-refractivity contribution < 1.29 is 8.83 Å². The molecule has 0 saturated carbocycles. The van der Waals surface area contributed by atoms with Crippen molar-refractivity contribution >= 4 is 74.5 Å². The van der Waals surface area contributed by atoms with Crippen LogP contribution >= 0.6 is 0 Å². The lowest BCUT2D eigenvalue weighted by atomic mass is 9.90. The van der Waals surface area contributed by atoms with Crippen LogP contribution in [0.5, 0.6) is 0 Å². The Hall–Kier alpha value is -6.94. The van der Waals surface area contributed by atoms with Gasteiger partial charge < -0.3 is 8.83 Å². The van der Waals surface area contributed by atoms with Crippen LogP contribution in [0.4, 0.5) is 0 Å². The molecule has 2 heterocycles. The largest absolute Gasteiger partial charge is 0.462 e. The van der Waals surface area contributed by atoms with Crippen LogP contribution in [0.25, 0.3) is 88.6 Å². The lowest BCUT2D eigenvalue weighted by molar-refractivity contribution is 0.519. The molecule has 10 aromatic rings. The average molecular weight is 801 g/mol. The van der Waals surface area contributed by atoms with Crippen LogP contribution in [-0.4, -0.2) is 8.07 Å². The highest BCUT2D eigenvalue weighted by molar-refractivity contribution is 6.84. The minimum Gasteiger partial charge on any atom is -0.462 e. The molecule has 0 fully saturated rings. The number of benzene rings is 8. The number of fused-ring (bicyclic) bond motifs is 8. The molecule has 0 spiro atoms. The summed E-state index contributed by atoms with van der Waals surface area (Å²) in [6, 6.07) is 62.8. The molecule has 8 aromatic carbocycles. The lowest BCUT2D eigenvalue weighted by Gasteiger charge is -2.39. The molecule has 2 atom stereocenters. The van der Waals surface area contributed by atoms with Crippen LogP contribution in [0.15, 0.2) is 179 Å². The van der Waals surface area contributed by atoms with Crippen LogP contribution in [0, 0.1) is 13.8 Å². The van der Waals surface area contributed by atoms with Crippen molar-refractivity contribution in [3.05, 3.63) is 215 Å². The van der Waals surface area contributed by atoms with Crippen molar-refractivity contribution in [2.75, 3.05) is 0 Å². The Labute approximate surface area is 357 Å². The molecule has 2 nitrogen and oxygen atoms in total. The first-order valence-corrected chi connectivity index (χ1v) is 24.6. The minimum atomic E-state index is -2.51. The molecule has 0 bridgehead atoms. The van der Waals surface area contributed by atoms with Gasteiger partial charge in [0.25, 0.3) is 0 Å². The van der Waals surface area contributed by atoms with Gasteiger partial charge in [0.1, 0.15) is 23.0 Å². The van der Waals surface area contributed by atoms with Crippen molar-refractivity contribution in [1.29, 1.82) is 0 Å². The topological polar surface area (TPSA) is 26.3 Å². The summed E-state index contributed by atoms with van der Waals surface area (Å²) in [6.07, 6.45) is 4.94. The van der Waals surface area contributed by atoms with E-state index in [4.69, 9.17) is 8.83 Å². The number of allylic oxidation sites excluding steroid dienone is 2. The third-order valence-corrected chi connectivity index (χ3v) is 18.0. The first-order chi connectivity index (χ1) is 29.8. The molecule has 2 aromatic heterocycles. The molecule has 0 N–H and O–H groups in total. The van der Waals surface area contributed by atoms with Gasteiger partial charge in [0.05, 0.1) is 8.07 Å². The third-order valence-electron chi connectivity index (χ3n) is 13.8. The maximum atomic E-state index is 6.62. The Kier molecular flexibility index (Phi) is 7.98. The summed E-state index contributed by atoms with van der Waals surface area (Å²) in [7, 11) is -2.51. The van der Waals surface area contributed by atoms with E-state index in [2.05, 4.69) is 209 Å². The van der Waals surface area contributed by atoms with Crippen molar-refractivity contribution in [2.45, 2.75) is 38.0 Å². The second kappa shape index (κ2) is 13.5. The summed E-state index contributed by atoms with van der Waals surface area (Å²) in [5, 5.41) is 10.2. The fourth-order valence-electron chi connectivity index (χ4n) is 11.2. The number of hydrogen-bond donors (Lipinski definition) is 0. The van der Waals surface area contributed by atoms with E-state index in [9.17, 15) is 0 Å². The molecule has 292 valence electrons. The minimum absolute atomic E-state index is 0.139. The Balaban J connectivity index is 1.09. The van der Waals surface area contributed by atoms with Crippen molar-refractivity contribution in [3.63, 3.8) is 0 Å². The zero-order valence-electron chi connectivity index (χ0n) is 34.8. The molecule has 2 aliphatic carbocycles. The van der Waals surface area contributed by atoms with E-state index >= 15 is 0 Å². The normalized spacial score (nSPS) is 16.1. The second-order valence-electron chi connectivity index (χ2n) is 17.7. The first-order valence-electron chi connectivity index (χ1n) is 21.5. The fourth-order valence-corrected chi connectivity index (χ4v) is 15.7. The van der Waals surface area contributed by atoms with Crippen LogP contribution in [0.1, 0.15) is 56.4 Å². The zero-order valence-corrected chi connectivity index (χ0v) is 35.8. The SMILES string of the molecule is Cc1ccc(C2=Cc3c(-c4cc5ccccc5c5ccccc45)cccc3C2[Si](C)(C)C2C(c3ccc(C)o3)=Cc3c(-c4cc5ccccc5c5ccccc45)cccc32)o1. The highest BCUT2D eigenvalue weighted by Gasteiger charge is 2.50. The van der Waals surface area contributed by atoms with Crippen LogP contribution < -0.4 is 0 Å². The highest BCUT2D eigenvalue weighted by Crippen LogP contribution is 2.59. The maximum absolute atomic E-state index is 6.62. The van der Waals surface area contributed by atoms with Gasteiger partial charge in [-0.2, -0.15) is 0 Å². The summed E-state index contributed by atoms with van der Waals surface area (Å²) >= 11 is 0. The van der Waals surface area contributed by atoms with Crippen LogP contribution in [0.2, 0.25) is 13.1 Å². The molecule has 2 unspecified atom stereocenters. The molecule has 61 heavy (non-hydrogen) atoms. The molecule has 12 rings (SSSR count). The van der Waals surface area contributed by atoms with Crippen LogP contribution in [-0.2, 0) is 0 Å². The number of furan rings is 2. The number of aryl methyl sites for hydroxylation is 2. The summed E-state index contributed by atoms with van der Waals surface area (Å²) < 4.78 is 13.2. The van der Waals surface area contributed by atoms with Gasteiger partial charge in [0, 0.05) is 22.2 Å². The Bertz CT molecular complexity index is 3270.